The lowest BCUT2D eigenvalue weighted by Gasteiger charge is -2.29. The summed E-state index contributed by atoms with van der Waals surface area (Å²) >= 11 is 0. The van der Waals surface area contributed by atoms with Crippen molar-refractivity contribution in [3.8, 4) is 0 Å². The van der Waals surface area contributed by atoms with Crippen LogP contribution in [0, 0.1) is 6.92 Å². The van der Waals surface area contributed by atoms with Gasteiger partial charge in [0, 0.05) is 0 Å². The second-order valence-corrected chi connectivity index (χ2v) is 6.69. The number of esters is 1. The molecule has 142 valence electrons. The summed E-state index contributed by atoms with van der Waals surface area (Å²) < 4.78 is 6.92. The number of fused-ring (bicyclic) bond motifs is 1. The van der Waals surface area contributed by atoms with Crippen LogP contribution in [-0.4, -0.2) is 28.7 Å². The van der Waals surface area contributed by atoms with Crippen molar-refractivity contribution in [3.63, 3.8) is 0 Å². The fourth-order valence-corrected chi connectivity index (χ4v) is 3.41. The van der Waals surface area contributed by atoms with Crippen molar-refractivity contribution in [1.82, 2.24) is 20.2 Å². The molecule has 28 heavy (non-hydrogen) atoms. The minimum atomic E-state index is -0.591. The summed E-state index contributed by atoms with van der Waals surface area (Å²) in [6.07, 6.45) is 1.70. The highest BCUT2D eigenvalue weighted by atomic mass is 16.5. The lowest BCUT2D eigenvalue weighted by atomic mass is 9.94. The molecule has 1 aliphatic rings. The lowest BCUT2D eigenvalue weighted by molar-refractivity contribution is -0.136. The molecule has 4 rings (SSSR count). The highest BCUT2D eigenvalue weighted by molar-refractivity contribution is 5.95. The molecular formula is C21H20N4O3. The number of carbonyl (C=O) groups is 2. The van der Waals surface area contributed by atoms with Crippen LogP contribution < -0.4 is 10.6 Å². The number of carbonyl (C=O) groups excluding carboxylic acids is 2. The topological polar surface area (TPSA) is 85.2 Å². The van der Waals surface area contributed by atoms with Crippen LogP contribution in [-0.2, 0) is 16.1 Å². The Morgan fingerprint density at radius 3 is 2.68 bits per heavy atom. The largest absolute Gasteiger partial charge is 0.466 e. The van der Waals surface area contributed by atoms with Crippen LogP contribution in [0.15, 0.2) is 66.1 Å². The Kier molecular flexibility index (Phi) is 4.57. The number of nitrogens with zero attached hydrogens (tertiary/aromatic N) is 2. The van der Waals surface area contributed by atoms with Crippen molar-refractivity contribution in [3.05, 3.63) is 77.3 Å². The van der Waals surface area contributed by atoms with Gasteiger partial charge in [-0.25, -0.2) is 14.6 Å². The van der Waals surface area contributed by atoms with Crippen molar-refractivity contribution in [2.45, 2.75) is 19.5 Å². The van der Waals surface area contributed by atoms with Crippen LogP contribution >= 0.6 is 0 Å². The van der Waals surface area contributed by atoms with Gasteiger partial charge >= 0.3 is 12.0 Å². The van der Waals surface area contributed by atoms with Gasteiger partial charge in [-0.15, -0.1) is 0 Å². The summed E-state index contributed by atoms with van der Waals surface area (Å²) in [5, 5.41) is 5.61. The summed E-state index contributed by atoms with van der Waals surface area (Å²) in [6, 6.07) is 14.4. The Hall–Kier alpha value is -3.61. The molecule has 7 nitrogen and oxygen atoms in total. The van der Waals surface area contributed by atoms with Gasteiger partial charge < -0.3 is 19.9 Å². The molecule has 1 aliphatic heterocycles. The maximum absolute atomic E-state index is 12.6. The van der Waals surface area contributed by atoms with Gasteiger partial charge in [0.05, 0.1) is 48.3 Å². The van der Waals surface area contributed by atoms with E-state index in [1.165, 1.54) is 7.11 Å². The zero-order valence-corrected chi connectivity index (χ0v) is 15.6. The third-order valence-electron chi connectivity index (χ3n) is 4.83. The predicted octanol–water partition coefficient (Wildman–Crippen LogP) is 2.83. The number of methoxy groups -OCH3 is 1. The number of benzene rings is 2. The molecule has 0 aliphatic carbocycles. The van der Waals surface area contributed by atoms with E-state index in [1.54, 1.807) is 6.33 Å². The SMILES string of the molecule is COC(=O)C1=C(Cn2cnc3ccccc32)NC(=O)NC1c1ccc(C)cc1. The minimum Gasteiger partial charge on any atom is -0.466 e. The standard InChI is InChI=1S/C21H20N4O3/c1-13-7-9-14(10-8-13)19-18(20(26)28-2)16(23-21(27)24-19)11-25-12-22-15-5-3-4-6-17(15)25/h3-10,12,19H,11H2,1-2H3,(H2,23,24,27). The van der Waals surface area contributed by atoms with Gasteiger partial charge in [0.15, 0.2) is 0 Å². The molecular weight excluding hydrogens is 356 g/mol. The molecule has 0 fully saturated rings. The molecule has 3 aromatic rings. The second-order valence-electron chi connectivity index (χ2n) is 6.69. The fraction of sp³-hybridized carbons (Fsp3) is 0.190. The first-order valence-electron chi connectivity index (χ1n) is 8.92. The molecule has 0 radical (unpaired) electrons. The van der Waals surface area contributed by atoms with E-state index in [-0.39, 0.29) is 6.03 Å². The van der Waals surface area contributed by atoms with Crippen LogP contribution in [0.2, 0.25) is 0 Å². The molecule has 2 amide bonds. The second kappa shape index (κ2) is 7.19. The number of allylic oxidation sites excluding steroid dienone is 1. The normalized spacial score (nSPS) is 16.6. The zero-order chi connectivity index (χ0) is 19.7. The number of ether oxygens (including phenoxy) is 1. The first kappa shape index (κ1) is 17.8. The van der Waals surface area contributed by atoms with Gasteiger partial charge in [0.2, 0.25) is 0 Å². The number of rotatable bonds is 4. The van der Waals surface area contributed by atoms with E-state index < -0.39 is 12.0 Å². The van der Waals surface area contributed by atoms with Crippen molar-refractivity contribution in [2.24, 2.45) is 0 Å². The van der Waals surface area contributed by atoms with Gasteiger partial charge in [0.1, 0.15) is 0 Å². The summed E-state index contributed by atoms with van der Waals surface area (Å²) in [4.78, 5) is 29.3. The smallest absolute Gasteiger partial charge is 0.338 e. The summed E-state index contributed by atoms with van der Waals surface area (Å²) in [6.45, 7) is 2.28. The number of nitrogens with one attached hydrogen (secondary N) is 2. The number of hydrogen-bond acceptors (Lipinski definition) is 4. The van der Waals surface area contributed by atoms with Gasteiger partial charge in [0.25, 0.3) is 0 Å². The van der Waals surface area contributed by atoms with Crippen molar-refractivity contribution >= 4 is 23.0 Å². The third kappa shape index (κ3) is 3.22. The third-order valence-corrected chi connectivity index (χ3v) is 4.83. The lowest BCUT2D eigenvalue weighted by Crippen LogP contribution is -2.46. The van der Waals surface area contributed by atoms with E-state index in [0.29, 0.717) is 17.8 Å². The Balaban J connectivity index is 1.81. The van der Waals surface area contributed by atoms with Gasteiger partial charge in [-0.2, -0.15) is 0 Å². The van der Waals surface area contributed by atoms with Crippen LogP contribution in [0.4, 0.5) is 4.79 Å². The van der Waals surface area contributed by atoms with Gasteiger partial charge in [-0.1, -0.05) is 42.0 Å². The van der Waals surface area contributed by atoms with E-state index >= 15 is 0 Å². The Morgan fingerprint density at radius 2 is 1.93 bits per heavy atom. The molecule has 0 bridgehead atoms. The molecule has 1 aromatic heterocycles. The predicted molar refractivity (Wildman–Crippen MR) is 104 cm³/mol. The Labute approximate surface area is 162 Å². The minimum absolute atomic E-state index is 0.292. The number of aromatic nitrogens is 2. The van der Waals surface area contributed by atoms with Crippen molar-refractivity contribution in [2.75, 3.05) is 7.11 Å². The summed E-state index contributed by atoms with van der Waals surface area (Å²) in [5.41, 5.74) is 4.54. The summed E-state index contributed by atoms with van der Waals surface area (Å²) in [7, 11) is 1.34. The molecule has 7 heteroatoms. The summed E-state index contributed by atoms with van der Waals surface area (Å²) in [5.74, 6) is -0.488. The average molecular weight is 376 g/mol. The number of aryl methyl sites for hydroxylation is 1. The molecule has 2 heterocycles. The van der Waals surface area contributed by atoms with Crippen molar-refractivity contribution in [1.29, 1.82) is 0 Å². The van der Waals surface area contributed by atoms with Gasteiger partial charge in [-0.3, -0.25) is 0 Å². The van der Waals surface area contributed by atoms with Crippen LogP contribution in [0.1, 0.15) is 17.2 Å². The van der Waals surface area contributed by atoms with Crippen molar-refractivity contribution < 1.29 is 14.3 Å². The Morgan fingerprint density at radius 1 is 1.18 bits per heavy atom. The molecule has 2 aromatic carbocycles. The van der Waals surface area contributed by atoms with Crippen LogP contribution in [0.3, 0.4) is 0 Å². The van der Waals surface area contributed by atoms with E-state index in [2.05, 4.69) is 15.6 Å². The maximum atomic E-state index is 12.6. The number of hydrogen-bond donors (Lipinski definition) is 2. The first-order chi connectivity index (χ1) is 13.6. The molecule has 0 saturated heterocycles. The number of para-hydroxylation sites is 2. The number of urea groups is 1. The first-order valence-corrected chi connectivity index (χ1v) is 8.92. The van der Waals surface area contributed by atoms with E-state index in [4.69, 9.17) is 4.74 Å². The number of imidazole rings is 1. The molecule has 1 unspecified atom stereocenters. The fourth-order valence-electron chi connectivity index (χ4n) is 3.41. The quantitative estimate of drug-likeness (QED) is 0.686. The molecule has 2 N–H and O–H groups in total. The highest BCUT2D eigenvalue weighted by Gasteiger charge is 2.33. The van der Waals surface area contributed by atoms with E-state index in [9.17, 15) is 9.59 Å². The Bertz CT molecular complexity index is 1080. The highest BCUT2D eigenvalue weighted by Crippen LogP contribution is 2.29. The molecule has 1 atom stereocenters. The average Bonchev–Trinajstić information content (AvgIpc) is 3.10. The van der Waals surface area contributed by atoms with Crippen LogP contribution in [0.25, 0.3) is 11.0 Å². The van der Waals surface area contributed by atoms with Gasteiger partial charge in [-0.05, 0) is 24.6 Å². The van der Waals surface area contributed by atoms with E-state index in [0.717, 1.165) is 22.2 Å². The molecule has 0 saturated carbocycles. The zero-order valence-electron chi connectivity index (χ0n) is 15.6. The molecule has 0 spiro atoms. The van der Waals surface area contributed by atoms with E-state index in [1.807, 2.05) is 60.0 Å². The number of amides is 2. The maximum Gasteiger partial charge on any atom is 0.338 e. The monoisotopic (exact) mass is 376 g/mol. The van der Waals surface area contributed by atoms with Crippen LogP contribution in [0.5, 0.6) is 0 Å².